The normalized spacial score (nSPS) is 11.0. The van der Waals surface area contributed by atoms with Crippen LogP contribution < -0.4 is 23.2 Å². The summed E-state index contributed by atoms with van der Waals surface area (Å²) in [4.78, 5) is 0. The number of benzene rings is 1. The van der Waals surface area contributed by atoms with Gasteiger partial charge in [-0.25, -0.2) is 18.6 Å². The van der Waals surface area contributed by atoms with E-state index in [1.54, 1.807) is 0 Å². The summed E-state index contributed by atoms with van der Waals surface area (Å²) in [6.45, 7) is 5.35. The lowest BCUT2D eigenvalue weighted by Gasteiger charge is -2.17. The zero-order chi connectivity index (χ0) is 13.8. The lowest BCUT2D eigenvalue weighted by atomic mass is 10.1. The standard InChI is InChI=1S/C12H14N.ClHO4/c1-3-13-9-8-10(2)11-6-4-5-7-12(11)13;2-1(3,4)5/h4-9H,3H2,1-2H3;(H,2,3,4,5)/q+1;/p-1. The van der Waals surface area contributed by atoms with Gasteiger partial charge in [0.1, 0.15) is 6.54 Å². The van der Waals surface area contributed by atoms with Gasteiger partial charge >= 0.3 is 0 Å². The maximum atomic E-state index is 8.49. The lowest BCUT2D eigenvalue weighted by Crippen LogP contribution is -2.68. The molecule has 0 saturated heterocycles. The topological polar surface area (TPSA) is 96.1 Å². The van der Waals surface area contributed by atoms with Crippen molar-refractivity contribution in [3.63, 3.8) is 0 Å². The zero-order valence-electron chi connectivity index (χ0n) is 10.1. The van der Waals surface area contributed by atoms with Crippen LogP contribution in [0, 0.1) is 17.2 Å². The van der Waals surface area contributed by atoms with Gasteiger partial charge in [0.05, 0.1) is 0 Å². The van der Waals surface area contributed by atoms with Gasteiger partial charge in [0.2, 0.25) is 5.52 Å². The number of halogens is 1. The number of para-hydroxylation sites is 1. The summed E-state index contributed by atoms with van der Waals surface area (Å²) >= 11 is 0. The van der Waals surface area contributed by atoms with Crippen LogP contribution in [-0.4, -0.2) is 0 Å². The third kappa shape index (κ3) is 4.56. The van der Waals surface area contributed by atoms with Gasteiger partial charge in [0.15, 0.2) is 6.20 Å². The highest BCUT2D eigenvalue weighted by Gasteiger charge is 2.06. The molecule has 18 heavy (non-hydrogen) atoms. The van der Waals surface area contributed by atoms with Gasteiger partial charge in [0.25, 0.3) is 0 Å². The van der Waals surface area contributed by atoms with Gasteiger partial charge in [-0.3, -0.25) is 0 Å². The van der Waals surface area contributed by atoms with Gasteiger partial charge in [-0.2, -0.15) is 4.57 Å². The van der Waals surface area contributed by atoms with E-state index in [-0.39, 0.29) is 0 Å². The van der Waals surface area contributed by atoms with Crippen LogP contribution in [0.5, 0.6) is 0 Å². The number of nitrogens with zero attached hydrogens (tertiary/aromatic N) is 1. The quantitative estimate of drug-likeness (QED) is 0.545. The van der Waals surface area contributed by atoms with Crippen molar-refractivity contribution in [1.29, 1.82) is 0 Å². The molecule has 0 atom stereocenters. The van der Waals surface area contributed by atoms with Crippen LogP contribution in [0.25, 0.3) is 10.9 Å². The second kappa shape index (κ2) is 6.08. The Hall–Kier alpha value is -1.24. The zero-order valence-corrected chi connectivity index (χ0v) is 10.9. The minimum absolute atomic E-state index is 1.03. The minimum Gasteiger partial charge on any atom is -0.222 e. The van der Waals surface area contributed by atoms with Crippen molar-refractivity contribution in [2.45, 2.75) is 20.4 Å². The Kier molecular flexibility index (Phi) is 5.01. The van der Waals surface area contributed by atoms with E-state index in [0.717, 1.165) is 6.54 Å². The Morgan fingerprint density at radius 3 is 2.17 bits per heavy atom. The molecular weight excluding hydrogens is 258 g/mol. The van der Waals surface area contributed by atoms with Gasteiger partial charge in [-0.05, 0) is 25.5 Å². The number of hydrogen-bond acceptors (Lipinski definition) is 4. The molecule has 0 saturated carbocycles. The summed E-state index contributed by atoms with van der Waals surface area (Å²) in [7, 11) is -4.94. The first kappa shape index (κ1) is 14.8. The summed E-state index contributed by atoms with van der Waals surface area (Å²) in [5, 5.41) is 1.35. The monoisotopic (exact) mass is 271 g/mol. The maximum absolute atomic E-state index is 8.49. The van der Waals surface area contributed by atoms with Crippen molar-refractivity contribution in [2.24, 2.45) is 0 Å². The minimum atomic E-state index is -4.94. The molecule has 0 radical (unpaired) electrons. The molecule has 2 aromatic rings. The first-order valence-corrected chi connectivity index (χ1v) is 6.56. The van der Waals surface area contributed by atoms with E-state index in [9.17, 15) is 0 Å². The molecule has 0 aliphatic heterocycles. The molecule has 6 heteroatoms. The third-order valence-electron chi connectivity index (χ3n) is 2.48. The summed E-state index contributed by atoms with van der Waals surface area (Å²) in [5.41, 5.74) is 2.67. The molecular formula is C12H14ClNO4. The fourth-order valence-corrected chi connectivity index (χ4v) is 1.71. The molecule has 0 aliphatic carbocycles. The first-order chi connectivity index (χ1) is 8.33. The predicted molar refractivity (Wildman–Crippen MR) is 54.6 cm³/mol. The fourth-order valence-electron chi connectivity index (χ4n) is 1.71. The smallest absolute Gasteiger partial charge is 0.212 e. The second-order valence-electron chi connectivity index (χ2n) is 3.68. The molecule has 0 unspecified atom stereocenters. The summed E-state index contributed by atoms with van der Waals surface area (Å²) in [5.74, 6) is 0. The largest absolute Gasteiger partial charge is 0.222 e. The number of hydrogen-bond donors (Lipinski definition) is 0. The summed E-state index contributed by atoms with van der Waals surface area (Å²) < 4.78 is 36.2. The van der Waals surface area contributed by atoms with Crippen molar-refractivity contribution in [1.82, 2.24) is 0 Å². The molecule has 98 valence electrons. The maximum Gasteiger partial charge on any atom is 0.212 e. The van der Waals surface area contributed by atoms with Crippen molar-refractivity contribution in [3.8, 4) is 0 Å². The molecule has 0 amide bonds. The number of aromatic nitrogens is 1. The molecule has 0 fully saturated rings. The Balaban J connectivity index is 0.000000280. The first-order valence-electron chi connectivity index (χ1n) is 5.32. The van der Waals surface area contributed by atoms with E-state index >= 15 is 0 Å². The van der Waals surface area contributed by atoms with Crippen molar-refractivity contribution in [2.75, 3.05) is 0 Å². The number of rotatable bonds is 1. The number of fused-ring (bicyclic) bond motifs is 1. The van der Waals surface area contributed by atoms with Crippen LogP contribution in [-0.2, 0) is 6.54 Å². The van der Waals surface area contributed by atoms with Crippen molar-refractivity contribution < 1.29 is 33.4 Å². The van der Waals surface area contributed by atoms with Crippen LogP contribution >= 0.6 is 0 Å². The molecule has 1 aromatic heterocycles. The van der Waals surface area contributed by atoms with E-state index in [1.807, 2.05) is 0 Å². The van der Waals surface area contributed by atoms with E-state index < -0.39 is 10.2 Å². The Bertz CT molecular complexity index is 519. The molecule has 2 rings (SSSR count). The van der Waals surface area contributed by atoms with Crippen molar-refractivity contribution in [3.05, 3.63) is 42.1 Å². The van der Waals surface area contributed by atoms with E-state index in [2.05, 4.69) is 54.9 Å². The Morgan fingerprint density at radius 1 is 1.06 bits per heavy atom. The highest BCUT2D eigenvalue weighted by Crippen LogP contribution is 2.13. The molecule has 1 heterocycles. The third-order valence-corrected chi connectivity index (χ3v) is 2.48. The Morgan fingerprint density at radius 2 is 1.61 bits per heavy atom. The van der Waals surface area contributed by atoms with Crippen LogP contribution in [0.4, 0.5) is 0 Å². The molecule has 5 nitrogen and oxygen atoms in total. The molecule has 0 bridgehead atoms. The average Bonchev–Trinajstić information content (AvgIpc) is 2.28. The number of aryl methyl sites for hydroxylation is 2. The summed E-state index contributed by atoms with van der Waals surface area (Å²) in [6.07, 6.45) is 2.15. The van der Waals surface area contributed by atoms with Crippen LogP contribution in [0.1, 0.15) is 12.5 Å². The van der Waals surface area contributed by atoms with Crippen molar-refractivity contribution >= 4 is 10.9 Å². The Labute approximate surface area is 107 Å². The fraction of sp³-hybridized carbons (Fsp3) is 0.250. The molecule has 0 N–H and O–H groups in total. The highest BCUT2D eigenvalue weighted by atomic mass is 35.7. The predicted octanol–water partition coefficient (Wildman–Crippen LogP) is -2.30. The lowest BCUT2D eigenvalue weighted by molar-refractivity contribution is -2.00. The molecule has 0 spiro atoms. The summed E-state index contributed by atoms with van der Waals surface area (Å²) in [6, 6.07) is 10.7. The SMILES string of the molecule is CC[n+]1ccc(C)c2ccccc21.[O-][Cl+3]([O-])([O-])[O-]. The van der Waals surface area contributed by atoms with Crippen LogP contribution in [0.3, 0.4) is 0 Å². The van der Waals surface area contributed by atoms with Gasteiger partial charge in [-0.1, -0.05) is 12.1 Å². The van der Waals surface area contributed by atoms with Crippen LogP contribution in [0.15, 0.2) is 36.5 Å². The van der Waals surface area contributed by atoms with Gasteiger partial charge < -0.3 is 0 Å². The second-order valence-corrected chi connectivity index (χ2v) is 4.44. The average molecular weight is 272 g/mol. The van der Waals surface area contributed by atoms with E-state index in [1.165, 1.54) is 16.5 Å². The molecule has 1 aromatic carbocycles. The van der Waals surface area contributed by atoms with Gasteiger partial charge in [0, 0.05) is 17.5 Å². The highest BCUT2D eigenvalue weighted by molar-refractivity contribution is 5.78. The van der Waals surface area contributed by atoms with E-state index in [4.69, 9.17) is 18.6 Å². The van der Waals surface area contributed by atoms with Gasteiger partial charge in [-0.15, -0.1) is 10.2 Å². The molecule has 0 aliphatic rings. The number of pyridine rings is 1. The van der Waals surface area contributed by atoms with E-state index in [0.29, 0.717) is 0 Å². The van der Waals surface area contributed by atoms with Crippen LogP contribution in [0.2, 0.25) is 0 Å².